The average molecular weight is 263 g/mol. The lowest BCUT2D eigenvalue weighted by Crippen LogP contribution is -2.07. The number of rotatable bonds is 4. The first-order valence-electron chi connectivity index (χ1n) is 5.58. The van der Waals surface area contributed by atoms with E-state index < -0.39 is 17.6 Å². The summed E-state index contributed by atoms with van der Waals surface area (Å²) in [7, 11) is 0. The van der Waals surface area contributed by atoms with Crippen LogP contribution in [0.5, 0.6) is 0 Å². The van der Waals surface area contributed by atoms with Gasteiger partial charge in [0.1, 0.15) is 11.6 Å². The van der Waals surface area contributed by atoms with Crippen LogP contribution in [0.1, 0.15) is 15.9 Å². The highest BCUT2D eigenvalue weighted by Gasteiger charge is 2.09. The van der Waals surface area contributed by atoms with Gasteiger partial charge in [-0.05, 0) is 18.2 Å². The van der Waals surface area contributed by atoms with Crippen molar-refractivity contribution < 1.29 is 18.7 Å². The molecule has 5 heteroatoms. The van der Waals surface area contributed by atoms with Gasteiger partial charge in [-0.3, -0.25) is 0 Å². The van der Waals surface area contributed by atoms with Gasteiger partial charge in [0.2, 0.25) is 0 Å². The Morgan fingerprint density at radius 2 is 1.89 bits per heavy atom. The number of hydrogen-bond acceptors (Lipinski definition) is 2. The quantitative estimate of drug-likeness (QED) is 0.890. The van der Waals surface area contributed by atoms with Gasteiger partial charge in [0.15, 0.2) is 0 Å². The maximum Gasteiger partial charge on any atom is 0.337 e. The van der Waals surface area contributed by atoms with E-state index in [1.165, 1.54) is 12.1 Å². The molecule has 0 radical (unpaired) electrons. The van der Waals surface area contributed by atoms with E-state index in [0.29, 0.717) is 5.69 Å². The molecule has 0 aromatic heterocycles. The summed E-state index contributed by atoms with van der Waals surface area (Å²) >= 11 is 0. The molecule has 0 saturated heterocycles. The highest BCUT2D eigenvalue weighted by molar-refractivity contribution is 5.94. The highest BCUT2D eigenvalue weighted by atomic mass is 19.1. The second-order valence-corrected chi connectivity index (χ2v) is 3.94. The van der Waals surface area contributed by atoms with Crippen molar-refractivity contribution in [2.75, 3.05) is 5.32 Å². The third kappa shape index (κ3) is 3.07. The van der Waals surface area contributed by atoms with Crippen molar-refractivity contribution in [3.63, 3.8) is 0 Å². The van der Waals surface area contributed by atoms with Crippen LogP contribution in [0.4, 0.5) is 14.5 Å². The van der Waals surface area contributed by atoms with Crippen molar-refractivity contribution in [1.82, 2.24) is 0 Å². The summed E-state index contributed by atoms with van der Waals surface area (Å²) in [6.45, 7) is 0.0798. The smallest absolute Gasteiger partial charge is 0.337 e. The predicted molar refractivity (Wildman–Crippen MR) is 67.1 cm³/mol. The number of halogens is 2. The fourth-order valence-electron chi connectivity index (χ4n) is 1.68. The Morgan fingerprint density at radius 3 is 2.58 bits per heavy atom. The van der Waals surface area contributed by atoms with Crippen LogP contribution in [0.2, 0.25) is 0 Å². The molecule has 0 aliphatic carbocycles. The van der Waals surface area contributed by atoms with E-state index in [9.17, 15) is 13.6 Å². The molecule has 0 fully saturated rings. The first kappa shape index (κ1) is 13.0. The fourth-order valence-corrected chi connectivity index (χ4v) is 1.68. The molecule has 0 spiro atoms. The summed E-state index contributed by atoms with van der Waals surface area (Å²) in [6.07, 6.45) is 0. The van der Waals surface area contributed by atoms with Crippen molar-refractivity contribution in [2.45, 2.75) is 6.54 Å². The Labute approximate surface area is 108 Å². The second-order valence-electron chi connectivity index (χ2n) is 3.94. The molecule has 2 aromatic carbocycles. The minimum absolute atomic E-state index is 0.0798. The van der Waals surface area contributed by atoms with Crippen LogP contribution >= 0.6 is 0 Å². The number of anilines is 1. The van der Waals surface area contributed by atoms with Crippen molar-refractivity contribution >= 4 is 11.7 Å². The van der Waals surface area contributed by atoms with Crippen molar-refractivity contribution in [3.05, 3.63) is 65.2 Å². The van der Waals surface area contributed by atoms with Crippen LogP contribution in [0.15, 0.2) is 42.5 Å². The van der Waals surface area contributed by atoms with Crippen molar-refractivity contribution in [3.8, 4) is 0 Å². The largest absolute Gasteiger partial charge is 0.478 e. The Morgan fingerprint density at radius 1 is 1.16 bits per heavy atom. The molecule has 0 aliphatic heterocycles. The Balaban J connectivity index is 2.17. The van der Waals surface area contributed by atoms with Gasteiger partial charge < -0.3 is 10.4 Å². The summed E-state index contributed by atoms with van der Waals surface area (Å²) in [4.78, 5) is 11.0. The molecule has 0 saturated carbocycles. The van der Waals surface area contributed by atoms with Crippen LogP contribution in [0.25, 0.3) is 0 Å². The van der Waals surface area contributed by atoms with E-state index in [1.54, 1.807) is 18.2 Å². The van der Waals surface area contributed by atoms with Crippen LogP contribution in [0, 0.1) is 11.6 Å². The lowest BCUT2D eigenvalue weighted by molar-refractivity contribution is 0.0698. The average Bonchev–Trinajstić information content (AvgIpc) is 2.38. The Hall–Kier alpha value is -2.43. The lowest BCUT2D eigenvalue weighted by atomic mass is 10.1. The number of carboxylic acids is 1. The van der Waals surface area contributed by atoms with Gasteiger partial charge in [0.05, 0.1) is 5.56 Å². The van der Waals surface area contributed by atoms with Gasteiger partial charge in [-0.1, -0.05) is 18.2 Å². The number of para-hydroxylation sites is 1. The fraction of sp³-hybridized carbons (Fsp3) is 0.0714. The van der Waals surface area contributed by atoms with Crippen LogP contribution in [0.3, 0.4) is 0 Å². The normalized spacial score (nSPS) is 10.2. The molecule has 0 amide bonds. The van der Waals surface area contributed by atoms with Gasteiger partial charge in [-0.2, -0.15) is 0 Å². The highest BCUT2D eigenvalue weighted by Crippen LogP contribution is 2.17. The van der Waals surface area contributed by atoms with E-state index in [2.05, 4.69) is 5.32 Å². The van der Waals surface area contributed by atoms with Crippen LogP contribution < -0.4 is 5.32 Å². The van der Waals surface area contributed by atoms with Gasteiger partial charge in [0, 0.05) is 23.9 Å². The first-order chi connectivity index (χ1) is 9.08. The van der Waals surface area contributed by atoms with Gasteiger partial charge >= 0.3 is 5.97 Å². The van der Waals surface area contributed by atoms with Crippen LogP contribution in [-0.4, -0.2) is 11.1 Å². The molecular formula is C14H11F2NO2. The molecule has 2 N–H and O–H groups in total. The zero-order valence-corrected chi connectivity index (χ0v) is 9.86. The summed E-state index contributed by atoms with van der Waals surface area (Å²) in [6, 6.07) is 9.59. The van der Waals surface area contributed by atoms with E-state index in [-0.39, 0.29) is 17.7 Å². The lowest BCUT2D eigenvalue weighted by Gasteiger charge is -2.10. The van der Waals surface area contributed by atoms with Crippen molar-refractivity contribution in [1.29, 1.82) is 0 Å². The number of carboxylic acid groups (broad SMARTS) is 1. The standard InChI is InChI=1S/C14H11F2NO2/c15-10-6-5-9(12(16)7-10)8-17-13-4-2-1-3-11(13)14(18)19/h1-7,17H,8H2,(H,18,19). The van der Waals surface area contributed by atoms with Crippen LogP contribution in [-0.2, 0) is 6.54 Å². The maximum absolute atomic E-state index is 13.4. The molecule has 2 aromatic rings. The number of aromatic carboxylic acids is 1. The molecule has 2 rings (SSSR count). The predicted octanol–water partition coefficient (Wildman–Crippen LogP) is 3.28. The monoisotopic (exact) mass is 263 g/mol. The summed E-state index contributed by atoms with van der Waals surface area (Å²) < 4.78 is 26.2. The number of hydrogen-bond donors (Lipinski definition) is 2. The van der Waals surface area contributed by atoms with Gasteiger partial charge in [0.25, 0.3) is 0 Å². The molecule has 0 bridgehead atoms. The SMILES string of the molecule is O=C(O)c1ccccc1NCc1ccc(F)cc1F. The zero-order valence-electron chi connectivity index (χ0n) is 9.86. The third-order valence-corrected chi connectivity index (χ3v) is 2.64. The molecule has 3 nitrogen and oxygen atoms in total. The van der Waals surface area contributed by atoms with E-state index >= 15 is 0 Å². The minimum Gasteiger partial charge on any atom is -0.478 e. The topological polar surface area (TPSA) is 49.3 Å². The molecule has 0 unspecified atom stereocenters. The molecule has 0 aliphatic rings. The third-order valence-electron chi connectivity index (χ3n) is 2.64. The number of nitrogens with one attached hydrogen (secondary N) is 1. The van der Waals surface area contributed by atoms with E-state index in [4.69, 9.17) is 5.11 Å². The molecular weight excluding hydrogens is 252 g/mol. The second kappa shape index (κ2) is 5.48. The van der Waals surface area contributed by atoms with Crippen molar-refractivity contribution in [2.24, 2.45) is 0 Å². The molecule has 0 heterocycles. The molecule has 0 atom stereocenters. The van der Waals surface area contributed by atoms with Gasteiger partial charge in [-0.15, -0.1) is 0 Å². The Kier molecular flexibility index (Phi) is 3.75. The molecule has 19 heavy (non-hydrogen) atoms. The van der Waals surface area contributed by atoms with E-state index in [1.807, 2.05) is 0 Å². The first-order valence-corrected chi connectivity index (χ1v) is 5.58. The summed E-state index contributed by atoms with van der Waals surface area (Å²) in [5.41, 5.74) is 0.755. The zero-order chi connectivity index (χ0) is 13.8. The summed E-state index contributed by atoms with van der Waals surface area (Å²) in [5.74, 6) is -2.38. The van der Waals surface area contributed by atoms with E-state index in [0.717, 1.165) is 12.1 Å². The molecule has 98 valence electrons. The minimum atomic E-state index is -1.07. The Bertz CT molecular complexity index is 614. The maximum atomic E-state index is 13.4. The van der Waals surface area contributed by atoms with Gasteiger partial charge in [-0.25, -0.2) is 13.6 Å². The summed E-state index contributed by atoms with van der Waals surface area (Å²) in [5, 5.41) is 11.8. The number of carbonyl (C=O) groups is 1. The number of benzene rings is 2.